The molecule has 0 aliphatic heterocycles. The van der Waals surface area contributed by atoms with Gasteiger partial charge in [-0.05, 0) is 6.42 Å². The lowest BCUT2D eigenvalue weighted by molar-refractivity contribution is 0.262. The van der Waals surface area contributed by atoms with Crippen molar-refractivity contribution in [1.29, 1.82) is 0 Å². The zero-order chi connectivity index (χ0) is 7.28. The minimum Gasteiger partial charge on any atom is -0.336 e. The van der Waals surface area contributed by atoms with E-state index < -0.39 is 0 Å². The van der Waals surface area contributed by atoms with E-state index in [0.717, 1.165) is 12.8 Å². The van der Waals surface area contributed by atoms with Crippen LogP contribution in [0.5, 0.6) is 0 Å². The van der Waals surface area contributed by atoms with Crippen LogP contribution in [-0.2, 0) is 0 Å². The van der Waals surface area contributed by atoms with Crippen LogP contribution in [-0.4, -0.2) is 7.96 Å². The van der Waals surface area contributed by atoms with E-state index in [0.29, 0.717) is 4.05 Å². The molecule has 0 spiro atoms. The van der Waals surface area contributed by atoms with E-state index in [2.05, 4.69) is 34.8 Å². The van der Waals surface area contributed by atoms with Crippen molar-refractivity contribution in [2.45, 2.75) is 23.8 Å². The van der Waals surface area contributed by atoms with Crippen molar-refractivity contribution < 1.29 is 4.79 Å². The van der Waals surface area contributed by atoms with Gasteiger partial charge in [0.2, 0.25) is 0 Å². The zero-order valence-corrected chi connectivity index (χ0v) is 9.47. The summed E-state index contributed by atoms with van der Waals surface area (Å²) in [5.74, 6) is 0. The Morgan fingerprint density at radius 2 is 2.33 bits per heavy atom. The van der Waals surface area contributed by atoms with Crippen LogP contribution in [0, 0.1) is 0 Å². The Labute approximate surface area is 82.4 Å². The zero-order valence-electron chi connectivity index (χ0n) is 5.16. The summed E-state index contributed by atoms with van der Waals surface area (Å²) in [5.41, 5.74) is 0. The number of rotatable bonds is 3. The van der Waals surface area contributed by atoms with Crippen molar-refractivity contribution in [3.05, 3.63) is 0 Å². The first-order valence-electron chi connectivity index (χ1n) is 2.77. The molecule has 2 nitrogen and oxygen atoms in total. The second-order valence-electron chi connectivity index (χ2n) is 1.67. The Bertz CT molecular complexity index is 97.0. The summed E-state index contributed by atoms with van der Waals surface area (Å²) < 4.78 is 0.331. The lowest BCUT2D eigenvalue weighted by Gasteiger charge is -2.06. The summed E-state index contributed by atoms with van der Waals surface area (Å²) in [5, 5.41) is 2.78. The van der Waals surface area contributed by atoms with Crippen LogP contribution >= 0.6 is 45.2 Å². The third-order valence-electron chi connectivity index (χ3n) is 0.812. The van der Waals surface area contributed by atoms with Gasteiger partial charge in [-0.2, -0.15) is 0 Å². The molecule has 0 heterocycles. The SMILES string of the molecule is CCCC(I)NC(=O)I. The number of amides is 1. The van der Waals surface area contributed by atoms with Gasteiger partial charge >= 0.3 is 0 Å². The normalized spacial score (nSPS) is 12.8. The monoisotopic (exact) mass is 353 g/mol. The Morgan fingerprint density at radius 1 is 1.78 bits per heavy atom. The van der Waals surface area contributed by atoms with Gasteiger partial charge in [0, 0.05) is 22.6 Å². The first-order valence-corrected chi connectivity index (χ1v) is 5.09. The molecule has 1 atom stereocenters. The molecule has 0 aliphatic carbocycles. The average Bonchev–Trinajstić information content (AvgIpc) is 1.63. The molecule has 0 fully saturated rings. The average molecular weight is 353 g/mol. The van der Waals surface area contributed by atoms with Crippen molar-refractivity contribution in [3.8, 4) is 0 Å². The number of hydrogen-bond donors (Lipinski definition) is 1. The predicted molar refractivity (Wildman–Crippen MR) is 55.3 cm³/mol. The van der Waals surface area contributed by atoms with Crippen LogP contribution in [0.3, 0.4) is 0 Å². The van der Waals surface area contributed by atoms with Crippen molar-refractivity contribution in [2.75, 3.05) is 0 Å². The Morgan fingerprint density at radius 3 is 2.67 bits per heavy atom. The van der Waals surface area contributed by atoms with Crippen LogP contribution < -0.4 is 5.32 Å². The van der Waals surface area contributed by atoms with Gasteiger partial charge in [0.25, 0.3) is 3.91 Å². The number of carbonyl (C=O) groups excluding carboxylic acids is 1. The molecule has 0 saturated heterocycles. The molecular weight excluding hydrogens is 344 g/mol. The van der Waals surface area contributed by atoms with E-state index in [-0.39, 0.29) is 3.91 Å². The Balaban J connectivity index is 3.26. The first-order chi connectivity index (χ1) is 4.16. The van der Waals surface area contributed by atoms with Crippen molar-refractivity contribution in [1.82, 2.24) is 5.32 Å². The van der Waals surface area contributed by atoms with Crippen LogP contribution in [0.2, 0.25) is 0 Å². The van der Waals surface area contributed by atoms with E-state index in [1.165, 1.54) is 0 Å². The smallest absolute Gasteiger partial charge is 0.281 e. The standard InChI is InChI=1S/C5H9I2NO/c1-2-3-4(6)8-5(7)9/h4H,2-3H2,1H3,(H,8,9). The van der Waals surface area contributed by atoms with E-state index in [1.54, 1.807) is 22.6 Å². The van der Waals surface area contributed by atoms with Gasteiger partial charge in [-0.3, -0.25) is 4.79 Å². The molecule has 1 unspecified atom stereocenters. The largest absolute Gasteiger partial charge is 0.336 e. The molecule has 1 amide bonds. The minimum atomic E-state index is 0.0282. The fraction of sp³-hybridized carbons (Fsp3) is 0.800. The second-order valence-corrected chi connectivity index (χ2v) is 4.16. The minimum absolute atomic E-state index is 0.0282. The molecule has 0 saturated carbocycles. The van der Waals surface area contributed by atoms with Crippen LogP contribution in [0.25, 0.3) is 0 Å². The van der Waals surface area contributed by atoms with Gasteiger partial charge in [0.15, 0.2) is 0 Å². The molecule has 0 aromatic rings. The molecule has 4 heteroatoms. The van der Waals surface area contributed by atoms with E-state index in [9.17, 15) is 4.79 Å². The number of halogens is 2. The molecule has 0 rings (SSSR count). The molecule has 0 bridgehead atoms. The molecule has 0 aromatic heterocycles. The van der Waals surface area contributed by atoms with E-state index in [1.807, 2.05) is 0 Å². The summed E-state index contributed by atoms with van der Waals surface area (Å²) in [6, 6.07) is 0. The summed E-state index contributed by atoms with van der Waals surface area (Å²) in [4.78, 5) is 10.4. The predicted octanol–water partition coefficient (Wildman–Crippen LogP) is 2.69. The van der Waals surface area contributed by atoms with Crippen LogP contribution in [0.4, 0.5) is 4.79 Å². The van der Waals surface area contributed by atoms with Gasteiger partial charge in [0.1, 0.15) is 0 Å². The molecule has 0 aliphatic rings. The van der Waals surface area contributed by atoms with Crippen molar-refractivity contribution in [3.63, 3.8) is 0 Å². The lowest BCUT2D eigenvalue weighted by Crippen LogP contribution is -2.24. The maximum Gasteiger partial charge on any atom is 0.281 e. The van der Waals surface area contributed by atoms with E-state index in [4.69, 9.17) is 0 Å². The highest BCUT2D eigenvalue weighted by atomic mass is 127. The van der Waals surface area contributed by atoms with Gasteiger partial charge in [-0.25, -0.2) is 0 Å². The number of alkyl halides is 1. The van der Waals surface area contributed by atoms with Crippen LogP contribution in [0.15, 0.2) is 0 Å². The van der Waals surface area contributed by atoms with Gasteiger partial charge in [-0.15, -0.1) is 0 Å². The fourth-order valence-corrected chi connectivity index (χ4v) is 2.33. The summed E-state index contributed by atoms with van der Waals surface area (Å²) >= 11 is 3.96. The Hall–Kier alpha value is 0.930. The third-order valence-corrected chi connectivity index (χ3v) is 2.06. The lowest BCUT2D eigenvalue weighted by atomic mass is 10.3. The van der Waals surface area contributed by atoms with Gasteiger partial charge in [-0.1, -0.05) is 35.9 Å². The van der Waals surface area contributed by atoms with Crippen LogP contribution in [0.1, 0.15) is 19.8 Å². The summed E-state index contributed by atoms with van der Waals surface area (Å²) in [6.45, 7) is 2.10. The molecular formula is C5H9I2NO. The highest BCUT2D eigenvalue weighted by molar-refractivity contribution is 14.1. The molecule has 1 N–H and O–H groups in total. The molecule has 54 valence electrons. The number of hydrogen-bond acceptors (Lipinski definition) is 1. The maximum absolute atomic E-state index is 10.4. The fourth-order valence-electron chi connectivity index (χ4n) is 0.449. The summed E-state index contributed by atoms with van der Waals surface area (Å²) in [6.07, 6.45) is 2.17. The highest BCUT2D eigenvalue weighted by Gasteiger charge is 2.02. The van der Waals surface area contributed by atoms with Crippen molar-refractivity contribution >= 4 is 49.1 Å². The number of carbonyl (C=O) groups is 1. The highest BCUT2D eigenvalue weighted by Crippen LogP contribution is 2.05. The number of nitrogens with one attached hydrogen (secondary N) is 1. The first kappa shape index (κ1) is 9.93. The third kappa shape index (κ3) is 6.82. The van der Waals surface area contributed by atoms with Gasteiger partial charge in [0.05, 0.1) is 4.05 Å². The molecule has 0 radical (unpaired) electrons. The second kappa shape index (κ2) is 5.70. The summed E-state index contributed by atoms with van der Waals surface area (Å²) in [7, 11) is 0. The Kier molecular flexibility index (Phi) is 6.28. The van der Waals surface area contributed by atoms with Gasteiger partial charge < -0.3 is 5.32 Å². The van der Waals surface area contributed by atoms with Crippen molar-refractivity contribution in [2.24, 2.45) is 0 Å². The topological polar surface area (TPSA) is 29.1 Å². The van der Waals surface area contributed by atoms with E-state index >= 15 is 0 Å². The maximum atomic E-state index is 10.4. The molecule has 0 aromatic carbocycles. The molecule has 9 heavy (non-hydrogen) atoms. The quantitative estimate of drug-likeness (QED) is 0.360.